The molecule has 3 N–H and O–H groups in total. The molecular formula is C31H30ClF5N4O5. The van der Waals surface area contributed by atoms with E-state index in [2.05, 4.69) is 15.6 Å². The molecule has 46 heavy (non-hydrogen) atoms. The average Bonchev–Trinajstić information content (AvgIpc) is 3.01. The summed E-state index contributed by atoms with van der Waals surface area (Å²) in [6, 6.07) is 7.72. The van der Waals surface area contributed by atoms with Gasteiger partial charge >= 0.3 is 12.1 Å². The zero-order valence-electron chi connectivity index (χ0n) is 24.7. The lowest BCUT2D eigenvalue weighted by Gasteiger charge is -2.28. The maximum atomic E-state index is 15.3. The lowest BCUT2D eigenvalue weighted by molar-refractivity contribution is -0.175. The standard InChI is InChI=1S/C31H30ClF5N4O5/c1-17(2)24(26(42)31(35,36)37)40-28(44)25(19-10-12-20(46-3)13-11-19)41-27(43)23(15-18-7-6-14-38-16-18)39-29(45)30(33,34)21-8-4-5-9-22(21)32/h4-14,16-17,23-25H,15H2,1-3H3,(H,39,45)(H,40,44)(H,41,43). The van der Waals surface area contributed by atoms with Gasteiger partial charge in [-0.15, -0.1) is 0 Å². The normalized spacial score (nSPS) is 13.7. The average molecular weight is 669 g/mol. The summed E-state index contributed by atoms with van der Waals surface area (Å²) < 4.78 is 75.5. The molecule has 0 saturated heterocycles. The number of aromatic nitrogens is 1. The zero-order valence-corrected chi connectivity index (χ0v) is 25.5. The Balaban J connectivity index is 1.98. The number of amides is 3. The molecule has 3 amide bonds. The number of pyridine rings is 1. The number of hydrogen-bond acceptors (Lipinski definition) is 6. The second-order valence-corrected chi connectivity index (χ2v) is 10.9. The van der Waals surface area contributed by atoms with E-state index in [1.807, 2.05) is 5.32 Å². The molecule has 3 rings (SSSR count). The van der Waals surface area contributed by atoms with Gasteiger partial charge in [0.25, 0.3) is 11.7 Å². The van der Waals surface area contributed by atoms with E-state index in [1.165, 1.54) is 81.9 Å². The SMILES string of the molecule is COc1ccc(C(NC(=O)C(Cc2cccnc2)NC(=O)C(F)(F)c2ccccc2Cl)C(=O)NC(C(=O)C(F)(F)F)C(C)C)cc1. The molecule has 0 fully saturated rings. The molecule has 2 aromatic carbocycles. The predicted octanol–water partition coefficient (Wildman–Crippen LogP) is 4.69. The van der Waals surface area contributed by atoms with Crippen molar-refractivity contribution in [3.8, 4) is 5.75 Å². The van der Waals surface area contributed by atoms with Gasteiger partial charge in [0.15, 0.2) is 0 Å². The van der Waals surface area contributed by atoms with Gasteiger partial charge < -0.3 is 20.7 Å². The molecular weight excluding hydrogens is 639 g/mol. The Morgan fingerprint density at radius 1 is 0.870 bits per heavy atom. The summed E-state index contributed by atoms with van der Waals surface area (Å²) in [6.45, 7) is 2.57. The molecule has 0 aliphatic heterocycles. The van der Waals surface area contributed by atoms with Crippen molar-refractivity contribution in [1.82, 2.24) is 20.9 Å². The van der Waals surface area contributed by atoms with Gasteiger partial charge in [0, 0.05) is 24.4 Å². The third-order valence-electron chi connectivity index (χ3n) is 6.81. The van der Waals surface area contributed by atoms with E-state index in [0.717, 1.165) is 12.1 Å². The van der Waals surface area contributed by atoms with Gasteiger partial charge in [-0.3, -0.25) is 24.2 Å². The number of methoxy groups -OCH3 is 1. The number of halogens is 6. The van der Waals surface area contributed by atoms with E-state index < -0.39 is 70.2 Å². The Morgan fingerprint density at radius 3 is 2.07 bits per heavy atom. The summed E-state index contributed by atoms with van der Waals surface area (Å²) in [4.78, 5) is 56.1. The van der Waals surface area contributed by atoms with Gasteiger partial charge in [-0.25, -0.2) is 0 Å². The van der Waals surface area contributed by atoms with Crippen LogP contribution in [0.15, 0.2) is 73.1 Å². The number of ether oxygens (including phenoxy) is 1. The first-order valence-corrected chi connectivity index (χ1v) is 14.1. The number of nitrogens with one attached hydrogen (secondary N) is 3. The number of benzene rings is 2. The lowest BCUT2D eigenvalue weighted by atomic mass is 9.97. The van der Waals surface area contributed by atoms with Gasteiger partial charge in [-0.05, 0) is 41.3 Å². The van der Waals surface area contributed by atoms with Gasteiger partial charge in [0.2, 0.25) is 11.8 Å². The fourth-order valence-electron chi connectivity index (χ4n) is 4.34. The molecule has 1 heterocycles. The largest absolute Gasteiger partial charge is 0.497 e. The first-order valence-electron chi connectivity index (χ1n) is 13.7. The minimum Gasteiger partial charge on any atom is -0.497 e. The molecule has 0 aliphatic carbocycles. The number of ketones is 1. The number of rotatable bonds is 13. The smallest absolute Gasteiger partial charge is 0.452 e. The molecule has 3 atom stereocenters. The van der Waals surface area contributed by atoms with E-state index >= 15 is 8.78 Å². The summed E-state index contributed by atoms with van der Waals surface area (Å²) in [5, 5.41) is 5.98. The topological polar surface area (TPSA) is 126 Å². The van der Waals surface area contributed by atoms with Crippen molar-refractivity contribution in [1.29, 1.82) is 0 Å². The van der Waals surface area contributed by atoms with E-state index in [4.69, 9.17) is 16.3 Å². The quantitative estimate of drug-likeness (QED) is 0.227. The second kappa shape index (κ2) is 15.1. The molecule has 3 aromatic rings. The zero-order chi connectivity index (χ0) is 34.2. The van der Waals surface area contributed by atoms with Crippen LogP contribution in [0.5, 0.6) is 5.75 Å². The fourth-order valence-corrected chi connectivity index (χ4v) is 4.59. The van der Waals surface area contributed by atoms with Crippen molar-refractivity contribution >= 4 is 35.1 Å². The summed E-state index contributed by atoms with van der Waals surface area (Å²) in [5.41, 5.74) is -0.439. The number of carbonyl (C=O) groups excluding carboxylic acids is 4. The summed E-state index contributed by atoms with van der Waals surface area (Å²) in [7, 11) is 1.36. The Kier molecular flexibility index (Phi) is 11.8. The molecule has 0 radical (unpaired) electrons. The molecule has 15 heteroatoms. The van der Waals surface area contributed by atoms with Gasteiger partial charge in [-0.1, -0.05) is 61.8 Å². The van der Waals surface area contributed by atoms with Crippen LogP contribution in [0, 0.1) is 5.92 Å². The minimum atomic E-state index is -5.27. The van der Waals surface area contributed by atoms with Crippen LogP contribution in [0.3, 0.4) is 0 Å². The highest BCUT2D eigenvalue weighted by molar-refractivity contribution is 6.31. The predicted molar refractivity (Wildman–Crippen MR) is 157 cm³/mol. The maximum absolute atomic E-state index is 15.3. The Labute approximate surface area is 265 Å². The Bertz CT molecular complexity index is 1540. The molecule has 0 bridgehead atoms. The molecule has 0 spiro atoms. The Hall–Kier alpha value is -4.59. The molecule has 9 nitrogen and oxygen atoms in total. The van der Waals surface area contributed by atoms with E-state index in [1.54, 1.807) is 0 Å². The molecule has 0 saturated carbocycles. The number of nitrogens with zero attached hydrogens (tertiary/aromatic N) is 1. The summed E-state index contributed by atoms with van der Waals surface area (Å²) >= 11 is 5.89. The first-order chi connectivity index (χ1) is 21.6. The highest BCUT2D eigenvalue weighted by atomic mass is 35.5. The van der Waals surface area contributed by atoms with Crippen molar-refractivity contribution in [2.75, 3.05) is 7.11 Å². The highest BCUT2D eigenvalue weighted by Gasteiger charge is 2.46. The van der Waals surface area contributed by atoms with E-state index in [0.29, 0.717) is 11.3 Å². The maximum Gasteiger partial charge on any atom is 0.452 e. The van der Waals surface area contributed by atoms with Crippen LogP contribution in [0.25, 0.3) is 0 Å². The number of hydrogen-bond donors (Lipinski definition) is 3. The molecule has 1 aromatic heterocycles. The Morgan fingerprint density at radius 2 is 1.52 bits per heavy atom. The van der Waals surface area contributed by atoms with Crippen LogP contribution in [-0.4, -0.2) is 53.9 Å². The van der Waals surface area contributed by atoms with E-state index in [-0.39, 0.29) is 12.0 Å². The number of alkyl halides is 5. The third kappa shape index (κ3) is 8.99. The van der Waals surface area contributed by atoms with Crippen LogP contribution in [0.2, 0.25) is 5.02 Å². The summed E-state index contributed by atoms with van der Waals surface area (Å²) in [5.74, 6) is -11.3. The van der Waals surface area contributed by atoms with Gasteiger partial charge in [-0.2, -0.15) is 22.0 Å². The molecule has 0 aliphatic rings. The van der Waals surface area contributed by atoms with Crippen LogP contribution >= 0.6 is 11.6 Å². The number of Topliss-reactive ketones (excluding diaryl/α,β-unsaturated/α-hetero) is 1. The first kappa shape index (κ1) is 35.9. The number of carbonyl (C=O) groups is 4. The van der Waals surface area contributed by atoms with E-state index in [9.17, 15) is 32.3 Å². The third-order valence-corrected chi connectivity index (χ3v) is 7.14. The van der Waals surface area contributed by atoms with Crippen LogP contribution in [0.1, 0.15) is 36.6 Å². The van der Waals surface area contributed by atoms with Crippen LogP contribution in [-0.2, 0) is 31.5 Å². The van der Waals surface area contributed by atoms with Crippen LogP contribution < -0.4 is 20.7 Å². The van der Waals surface area contributed by atoms with Crippen molar-refractivity contribution in [3.05, 3.63) is 94.8 Å². The lowest BCUT2D eigenvalue weighted by Crippen LogP contribution is -2.56. The molecule has 246 valence electrons. The monoisotopic (exact) mass is 668 g/mol. The second-order valence-electron chi connectivity index (χ2n) is 10.5. The van der Waals surface area contributed by atoms with Crippen molar-refractivity contribution in [3.63, 3.8) is 0 Å². The minimum absolute atomic E-state index is 0.0430. The fraction of sp³-hybridized carbons (Fsp3) is 0.323. The van der Waals surface area contributed by atoms with Crippen molar-refractivity contribution < 1.29 is 45.9 Å². The van der Waals surface area contributed by atoms with Crippen LogP contribution in [0.4, 0.5) is 22.0 Å². The van der Waals surface area contributed by atoms with Gasteiger partial charge in [0.1, 0.15) is 17.8 Å². The highest BCUT2D eigenvalue weighted by Crippen LogP contribution is 2.33. The van der Waals surface area contributed by atoms with Crippen molar-refractivity contribution in [2.45, 2.75) is 50.5 Å². The van der Waals surface area contributed by atoms with Gasteiger partial charge in [0.05, 0.1) is 18.2 Å². The summed E-state index contributed by atoms with van der Waals surface area (Å²) in [6.07, 6.45) is -2.91. The molecule has 3 unspecified atom stereocenters. The van der Waals surface area contributed by atoms with Crippen molar-refractivity contribution in [2.24, 2.45) is 5.92 Å².